The average molecular weight is 218 g/mol. The fourth-order valence-corrected chi connectivity index (χ4v) is 1.60. The first-order valence-electron chi connectivity index (χ1n) is 4.94. The van der Waals surface area contributed by atoms with Gasteiger partial charge in [0, 0.05) is 12.6 Å². The van der Waals surface area contributed by atoms with Crippen LogP contribution in [0.1, 0.15) is 5.69 Å². The average Bonchev–Trinajstić information content (AvgIpc) is 2.70. The second-order valence-electron chi connectivity index (χ2n) is 3.35. The molecule has 0 aliphatic heterocycles. The predicted octanol–water partition coefficient (Wildman–Crippen LogP) is 0.922. The summed E-state index contributed by atoms with van der Waals surface area (Å²) in [6.07, 6.45) is 0. The smallest absolute Gasteiger partial charge is 0.146 e. The number of methoxy groups -OCH3 is 1. The first-order chi connectivity index (χ1) is 7.76. The Morgan fingerprint density at radius 3 is 2.81 bits per heavy atom. The zero-order chi connectivity index (χ0) is 11.5. The van der Waals surface area contributed by atoms with Gasteiger partial charge in [-0.3, -0.25) is 0 Å². The van der Waals surface area contributed by atoms with Crippen LogP contribution in [-0.2, 0) is 6.54 Å². The van der Waals surface area contributed by atoms with Crippen LogP contribution in [0.5, 0.6) is 5.75 Å². The standard InChI is InChI=1S/C11H14N4O/c1-16-10-5-3-2-4-9(10)15-8(7-12)6-11(13)14-15/h2-6H,7,12H2,1H3,(H2,13,14). The first-order valence-corrected chi connectivity index (χ1v) is 4.94. The maximum atomic E-state index is 5.66. The molecule has 2 rings (SSSR count). The van der Waals surface area contributed by atoms with E-state index in [9.17, 15) is 0 Å². The zero-order valence-electron chi connectivity index (χ0n) is 9.05. The van der Waals surface area contributed by atoms with E-state index < -0.39 is 0 Å². The number of rotatable bonds is 3. The summed E-state index contributed by atoms with van der Waals surface area (Å²) in [5.41, 5.74) is 13.0. The molecule has 0 saturated carbocycles. The molecule has 0 saturated heterocycles. The molecular formula is C11H14N4O. The van der Waals surface area contributed by atoms with Gasteiger partial charge >= 0.3 is 0 Å². The van der Waals surface area contributed by atoms with Crippen LogP contribution in [0.15, 0.2) is 30.3 Å². The van der Waals surface area contributed by atoms with E-state index in [0.717, 1.165) is 17.1 Å². The van der Waals surface area contributed by atoms with E-state index >= 15 is 0 Å². The highest BCUT2D eigenvalue weighted by molar-refractivity contribution is 5.48. The van der Waals surface area contributed by atoms with Crippen LogP contribution in [-0.4, -0.2) is 16.9 Å². The van der Waals surface area contributed by atoms with Crippen molar-refractivity contribution in [1.29, 1.82) is 0 Å². The molecule has 2 aromatic rings. The molecule has 0 aliphatic carbocycles. The van der Waals surface area contributed by atoms with Crippen molar-refractivity contribution in [2.75, 3.05) is 12.8 Å². The van der Waals surface area contributed by atoms with Crippen LogP contribution in [0, 0.1) is 0 Å². The Bertz CT molecular complexity index is 492. The summed E-state index contributed by atoms with van der Waals surface area (Å²) in [5, 5.41) is 4.19. The Labute approximate surface area is 93.6 Å². The number of hydrogen-bond donors (Lipinski definition) is 2. The normalized spacial score (nSPS) is 10.4. The number of nitrogens with zero attached hydrogens (tertiary/aromatic N) is 2. The highest BCUT2D eigenvalue weighted by atomic mass is 16.5. The summed E-state index contributed by atoms with van der Waals surface area (Å²) in [7, 11) is 1.62. The van der Waals surface area contributed by atoms with Crippen molar-refractivity contribution in [3.05, 3.63) is 36.0 Å². The summed E-state index contributed by atoms with van der Waals surface area (Å²) in [6, 6.07) is 9.34. The van der Waals surface area contributed by atoms with Crippen molar-refractivity contribution in [2.45, 2.75) is 6.54 Å². The monoisotopic (exact) mass is 218 g/mol. The molecule has 5 heteroatoms. The molecule has 4 N–H and O–H groups in total. The topological polar surface area (TPSA) is 79.1 Å². The second kappa shape index (κ2) is 4.24. The number of nitrogens with two attached hydrogens (primary N) is 2. The molecule has 16 heavy (non-hydrogen) atoms. The molecule has 1 aromatic heterocycles. The maximum absolute atomic E-state index is 5.66. The number of aromatic nitrogens is 2. The van der Waals surface area contributed by atoms with Crippen molar-refractivity contribution in [2.24, 2.45) is 5.73 Å². The lowest BCUT2D eigenvalue weighted by atomic mass is 10.3. The summed E-state index contributed by atoms with van der Waals surface area (Å²) < 4.78 is 6.97. The molecule has 84 valence electrons. The van der Waals surface area contributed by atoms with E-state index in [1.165, 1.54) is 0 Å². The van der Waals surface area contributed by atoms with Gasteiger partial charge in [0.15, 0.2) is 0 Å². The third-order valence-corrected chi connectivity index (χ3v) is 2.32. The summed E-state index contributed by atoms with van der Waals surface area (Å²) in [5.74, 6) is 1.19. The van der Waals surface area contributed by atoms with Crippen molar-refractivity contribution < 1.29 is 4.74 Å². The Kier molecular flexibility index (Phi) is 2.78. The van der Waals surface area contributed by atoms with E-state index in [0.29, 0.717) is 12.4 Å². The summed E-state index contributed by atoms with van der Waals surface area (Å²) in [4.78, 5) is 0. The van der Waals surface area contributed by atoms with Crippen molar-refractivity contribution in [1.82, 2.24) is 9.78 Å². The van der Waals surface area contributed by atoms with Gasteiger partial charge in [0.05, 0.1) is 12.8 Å². The van der Waals surface area contributed by atoms with Crippen LogP contribution in [0.4, 0.5) is 5.82 Å². The predicted molar refractivity (Wildman–Crippen MR) is 62.4 cm³/mol. The van der Waals surface area contributed by atoms with E-state index in [1.807, 2.05) is 24.3 Å². The molecule has 0 spiro atoms. The molecule has 5 nitrogen and oxygen atoms in total. The maximum Gasteiger partial charge on any atom is 0.146 e. The number of para-hydroxylation sites is 2. The Morgan fingerprint density at radius 2 is 2.12 bits per heavy atom. The van der Waals surface area contributed by atoms with Crippen LogP contribution in [0.2, 0.25) is 0 Å². The lowest BCUT2D eigenvalue weighted by Crippen LogP contribution is -2.08. The minimum Gasteiger partial charge on any atom is -0.494 e. The molecule has 1 aromatic carbocycles. The number of nitrogen functional groups attached to an aromatic ring is 1. The van der Waals surface area contributed by atoms with Gasteiger partial charge < -0.3 is 16.2 Å². The molecule has 0 amide bonds. The largest absolute Gasteiger partial charge is 0.494 e. The van der Waals surface area contributed by atoms with Crippen LogP contribution < -0.4 is 16.2 Å². The summed E-state index contributed by atoms with van der Waals surface area (Å²) >= 11 is 0. The first kappa shape index (κ1) is 10.5. The Balaban J connectivity index is 2.57. The van der Waals surface area contributed by atoms with E-state index in [4.69, 9.17) is 16.2 Å². The van der Waals surface area contributed by atoms with Crippen LogP contribution in [0.3, 0.4) is 0 Å². The van der Waals surface area contributed by atoms with Gasteiger partial charge in [-0.15, -0.1) is 0 Å². The molecule has 0 fully saturated rings. The number of ether oxygens (including phenoxy) is 1. The van der Waals surface area contributed by atoms with Gasteiger partial charge in [0.2, 0.25) is 0 Å². The number of anilines is 1. The van der Waals surface area contributed by atoms with Gasteiger partial charge in [0.25, 0.3) is 0 Å². The highest BCUT2D eigenvalue weighted by Gasteiger charge is 2.10. The Hall–Kier alpha value is -2.01. The van der Waals surface area contributed by atoms with Crippen molar-refractivity contribution in [3.8, 4) is 11.4 Å². The molecule has 1 heterocycles. The van der Waals surface area contributed by atoms with Crippen LogP contribution >= 0.6 is 0 Å². The van der Waals surface area contributed by atoms with Crippen molar-refractivity contribution in [3.63, 3.8) is 0 Å². The summed E-state index contributed by atoms with van der Waals surface area (Å²) in [6.45, 7) is 0.377. The minimum atomic E-state index is 0.377. The zero-order valence-corrected chi connectivity index (χ0v) is 9.05. The molecule has 0 unspecified atom stereocenters. The molecule has 0 aliphatic rings. The molecule has 0 bridgehead atoms. The Morgan fingerprint density at radius 1 is 1.38 bits per heavy atom. The van der Waals surface area contributed by atoms with E-state index in [-0.39, 0.29) is 0 Å². The highest BCUT2D eigenvalue weighted by Crippen LogP contribution is 2.23. The van der Waals surface area contributed by atoms with Gasteiger partial charge in [-0.05, 0) is 12.1 Å². The van der Waals surface area contributed by atoms with Gasteiger partial charge in [-0.1, -0.05) is 12.1 Å². The fraction of sp³-hybridized carbons (Fsp3) is 0.182. The minimum absolute atomic E-state index is 0.377. The van der Waals surface area contributed by atoms with E-state index in [1.54, 1.807) is 17.9 Å². The van der Waals surface area contributed by atoms with Crippen LogP contribution in [0.25, 0.3) is 5.69 Å². The van der Waals surface area contributed by atoms with E-state index in [2.05, 4.69) is 5.10 Å². The third-order valence-electron chi connectivity index (χ3n) is 2.32. The number of benzene rings is 1. The molecular weight excluding hydrogens is 204 g/mol. The fourth-order valence-electron chi connectivity index (χ4n) is 1.60. The molecule has 0 atom stereocenters. The SMILES string of the molecule is COc1ccccc1-n1nc(N)cc1CN. The third kappa shape index (κ3) is 1.72. The van der Waals surface area contributed by atoms with Crippen molar-refractivity contribution >= 4 is 5.82 Å². The number of hydrogen-bond acceptors (Lipinski definition) is 4. The quantitative estimate of drug-likeness (QED) is 0.803. The van der Waals surface area contributed by atoms with Gasteiger partial charge in [0.1, 0.15) is 17.3 Å². The van der Waals surface area contributed by atoms with Gasteiger partial charge in [-0.25, -0.2) is 4.68 Å². The second-order valence-corrected chi connectivity index (χ2v) is 3.35. The lowest BCUT2D eigenvalue weighted by Gasteiger charge is -2.10. The lowest BCUT2D eigenvalue weighted by molar-refractivity contribution is 0.411. The van der Waals surface area contributed by atoms with Gasteiger partial charge in [-0.2, -0.15) is 5.10 Å². The molecule has 0 radical (unpaired) electrons.